The lowest BCUT2D eigenvalue weighted by Crippen LogP contribution is -2.32. The maximum atomic E-state index is 14.6. The number of benzene rings is 3. The van der Waals surface area contributed by atoms with Gasteiger partial charge in [-0.2, -0.15) is 0 Å². The largest absolute Gasteiger partial charge is 0.247 e. The van der Waals surface area contributed by atoms with Crippen molar-refractivity contribution < 1.29 is 35.1 Å². The van der Waals surface area contributed by atoms with Gasteiger partial charge in [-0.05, 0) is 12.1 Å². The summed E-state index contributed by atoms with van der Waals surface area (Å²) in [7, 11) is -3.08. The molecule has 0 spiro atoms. The number of aromatic nitrogens is 1. The topological polar surface area (TPSA) is 12.9 Å². The Morgan fingerprint density at radius 2 is 1.06 bits per heavy atom. The van der Waals surface area contributed by atoms with Crippen molar-refractivity contribution in [2.45, 2.75) is 0 Å². The Labute approximate surface area is 170 Å². The molecular weight excluding hydrogens is 449 g/mol. The summed E-state index contributed by atoms with van der Waals surface area (Å²) in [4.78, 5) is 4.13. The van der Waals surface area contributed by atoms with E-state index in [2.05, 4.69) is 4.98 Å². The standard InChI is InChI=1S/C21H8F8NP/c22-10-7-12(24)20(18(28)16(10)26)31(21-13(25)8-11(23)17(27)19(21)29)15-6-5-9-3-1-2-4-14(9)30-15/h1-8H. The average molecular weight is 457 g/mol. The van der Waals surface area contributed by atoms with Gasteiger partial charge in [-0.1, -0.05) is 24.3 Å². The minimum absolute atomic E-state index is 0.000181. The van der Waals surface area contributed by atoms with Crippen molar-refractivity contribution in [3.63, 3.8) is 0 Å². The molecule has 0 bridgehead atoms. The summed E-state index contributed by atoms with van der Waals surface area (Å²) in [5, 5.41) is -1.94. The lowest BCUT2D eigenvalue weighted by atomic mass is 10.2. The molecule has 31 heavy (non-hydrogen) atoms. The molecule has 1 heterocycles. The molecule has 4 aromatic rings. The van der Waals surface area contributed by atoms with Crippen molar-refractivity contribution in [3.8, 4) is 0 Å². The van der Waals surface area contributed by atoms with Crippen LogP contribution in [0.4, 0.5) is 35.1 Å². The summed E-state index contributed by atoms with van der Waals surface area (Å²) >= 11 is 0. The van der Waals surface area contributed by atoms with Gasteiger partial charge in [-0.3, -0.25) is 0 Å². The van der Waals surface area contributed by atoms with Crippen LogP contribution >= 0.6 is 7.92 Å². The van der Waals surface area contributed by atoms with Gasteiger partial charge in [0.2, 0.25) is 0 Å². The Bertz CT molecular complexity index is 1280. The van der Waals surface area contributed by atoms with E-state index in [0.717, 1.165) is 6.07 Å². The first kappa shape index (κ1) is 21.2. The smallest absolute Gasteiger partial charge is 0.195 e. The van der Waals surface area contributed by atoms with Gasteiger partial charge in [0.1, 0.15) is 11.6 Å². The number of halogens is 8. The Hall–Kier alpha value is -3.06. The molecule has 4 rings (SSSR count). The highest BCUT2D eigenvalue weighted by Gasteiger charge is 2.35. The third-order valence-corrected chi connectivity index (χ3v) is 6.86. The molecule has 0 amide bonds. The third kappa shape index (κ3) is 3.53. The van der Waals surface area contributed by atoms with Gasteiger partial charge in [0.15, 0.2) is 34.9 Å². The normalized spacial score (nSPS) is 11.5. The zero-order chi connectivity index (χ0) is 22.4. The average Bonchev–Trinajstić information content (AvgIpc) is 2.74. The number of nitrogens with zero attached hydrogens (tertiary/aromatic N) is 1. The molecule has 0 radical (unpaired) electrons. The molecular formula is C21H8F8NP. The predicted molar refractivity (Wildman–Crippen MR) is 100 cm³/mol. The maximum absolute atomic E-state index is 14.6. The fourth-order valence-electron chi connectivity index (χ4n) is 3.04. The van der Waals surface area contributed by atoms with E-state index in [9.17, 15) is 35.1 Å². The summed E-state index contributed by atoms with van der Waals surface area (Å²) in [5.41, 5.74) is -0.0967. The van der Waals surface area contributed by atoms with Crippen LogP contribution in [0.1, 0.15) is 0 Å². The van der Waals surface area contributed by atoms with E-state index in [1.54, 1.807) is 18.2 Å². The SMILES string of the molecule is Fc1cc(F)c(P(c2ccc3ccccc3n2)c2c(F)cc(F)c(F)c2F)c(F)c1F. The number of fused-ring (bicyclic) bond motifs is 1. The van der Waals surface area contributed by atoms with E-state index < -0.39 is 65.1 Å². The molecule has 0 unspecified atom stereocenters. The Morgan fingerprint density at radius 3 is 1.61 bits per heavy atom. The minimum Gasteiger partial charge on any atom is -0.247 e. The van der Waals surface area contributed by atoms with Gasteiger partial charge < -0.3 is 0 Å². The van der Waals surface area contributed by atoms with Gasteiger partial charge >= 0.3 is 0 Å². The monoisotopic (exact) mass is 457 g/mol. The van der Waals surface area contributed by atoms with Gasteiger partial charge in [0.05, 0.1) is 21.6 Å². The molecule has 0 N–H and O–H groups in total. The number of para-hydroxylation sites is 1. The molecule has 1 aromatic heterocycles. The van der Waals surface area contributed by atoms with E-state index in [-0.39, 0.29) is 23.1 Å². The lowest BCUT2D eigenvalue weighted by molar-refractivity contribution is 0.439. The fourth-order valence-corrected chi connectivity index (χ4v) is 5.30. The molecule has 3 aromatic carbocycles. The van der Waals surface area contributed by atoms with E-state index in [1.807, 2.05) is 0 Å². The summed E-state index contributed by atoms with van der Waals surface area (Å²) in [6.45, 7) is 0. The Kier molecular flexibility index (Phi) is 5.39. The number of hydrogen-bond acceptors (Lipinski definition) is 1. The van der Waals surface area contributed by atoms with Crippen LogP contribution in [0, 0.1) is 46.5 Å². The second-order valence-corrected chi connectivity index (χ2v) is 8.35. The maximum Gasteiger partial charge on any atom is 0.195 e. The van der Waals surface area contributed by atoms with Crippen molar-refractivity contribution in [2.24, 2.45) is 0 Å². The van der Waals surface area contributed by atoms with Crippen molar-refractivity contribution in [1.82, 2.24) is 4.98 Å². The van der Waals surface area contributed by atoms with Crippen molar-refractivity contribution in [3.05, 3.63) is 95.1 Å². The summed E-state index contributed by atoms with van der Waals surface area (Å²) in [6.07, 6.45) is 0. The molecule has 0 aliphatic carbocycles. The number of hydrogen-bond donors (Lipinski definition) is 0. The molecule has 0 aliphatic rings. The van der Waals surface area contributed by atoms with Gasteiger partial charge in [-0.25, -0.2) is 40.1 Å². The van der Waals surface area contributed by atoms with Gasteiger partial charge in [0.25, 0.3) is 0 Å². The van der Waals surface area contributed by atoms with Crippen LogP contribution in [0.3, 0.4) is 0 Å². The van der Waals surface area contributed by atoms with E-state index in [0.29, 0.717) is 5.39 Å². The van der Waals surface area contributed by atoms with Crippen LogP contribution in [0.15, 0.2) is 48.5 Å². The first-order valence-corrected chi connectivity index (χ1v) is 9.86. The highest BCUT2D eigenvalue weighted by molar-refractivity contribution is 7.79. The van der Waals surface area contributed by atoms with Gasteiger partial charge in [-0.15, -0.1) is 0 Å². The van der Waals surface area contributed by atoms with Crippen molar-refractivity contribution in [1.29, 1.82) is 0 Å². The molecule has 0 aliphatic heterocycles. The number of pyridine rings is 1. The summed E-state index contributed by atoms with van der Waals surface area (Å²) in [6, 6.07) is 8.93. The molecule has 1 nitrogen and oxygen atoms in total. The highest BCUT2D eigenvalue weighted by Crippen LogP contribution is 2.38. The molecule has 0 fully saturated rings. The summed E-state index contributed by atoms with van der Waals surface area (Å²) in [5.74, 6) is -15.4. The summed E-state index contributed by atoms with van der Waals surface area (Å²) < 4.78 is 113. The fraction of sp³-hybridized carbons (Fsp3) is 0. The van der Waals surface area contributed by atoms with Crippen LogP contribution in [-0.4, -0.2) is 4.98 Å². The Morgan fingerprint density at radius 1 is 0.548 bits per heavy atom. The van der Waals surface area contributed by atoms with E-state index >= 15 is 0 Å². The van der Waals surface area contributed by atoms with Crippen molar-refractivity contribution >= 4 is 34.9 Å². The van der Waals surface area contributed by atoms with Crippen LogP contribution < -0.4 is 16.0 Å². The van der Waals surface area contributed by atoms with Crippen LogP contribution in [0.25, 0.3) is 10.9 Å². The molecule has 0 saturated heterocycles. The molecule has 158 valence electrons. The minimum atomic E-state index is -3.08. The molecule has 0 saturated carbocycles. The zero-order valence-corrected chi connectivity index (χ0v) is 15.9. The highest BCUT2D eigenvalue weighted by atomic mass is 31.1. The second kappa shape index (κ2) is 7.89. The van der Waals surface area contributed by atoms with E-state index in [1.165, 1.54) is 12.1 Å². The van der Waals surface area contributed by atoms with Crippen LogP contribution in [-0.2, 0) is 0 Å². The third-order valence-electron chi connectivity index (χ3n) is 4.44. The van der Waals surface area contributed by atoms with Gasteiger partial charge in [0, 0.05) is 25.4 Å². The molecule has 10 heteroatoms. The first-order chi connectivity index (χ1) is 14.7. The predicted octanol–water partition coefficient (Wildman–Crippen LogP) is 5.11. The lowest BCUT2D eigenvalue weighted by Gasteiger charge is -2.21. The quantitative estimate of drug-likeness (QED) is 0.181. The first-order valence-electron chi connectivity index (χ1n) is 8.52. The Balaban J connectivity index is 2.11. The second-order valence-electron chi connectivity index (χ2n) is 6.33. The molecule has 0 atom stereocenters. The van der Waals surface area contributed by atoms with Crippen LogP contribution in [0.2, 0.25) is 0 Å². The van der Waals surface area contributed by atoms with E-state index in [4.69, 9.17) is 0 Å². The van der Waals surface area contributed by atoms with Crippen LogP contribution in [0.5, 0.6) is 0 Å². The van der Waals surface area contributed by atoms with Crippen molar-refractivity contribution in [2.75, 3.05) is 0 Å². The number of rotatable bonds is 3. The zero-order valence-electron chi connectivity index (χ0n) is 15.0.